The van der Waals surface area contributed by atoms with Crippen LogP contribution in [0, 0.1) is 5.92 Å². The highest BCUT2D eigenvalue weighted by Crippen LogP contribution is 2.30. The first-order valence-corrected chi connectivity index (χ1v) is 7.48. The van der Waals surface area contributed by atoms with Crippen molar-refractivity contribution in [2.24, 2.45) is 5.92 Å². The molecule has 1 heterocycles. The minimum absolute atomic E-state index is 0.302. The number of nitrogens with one attached hydrogen (secondary N) is 1. The maximum absolute atomic E-state index is 10.8. The molecule has 1 fully saturated rings. The molecule has 0 radical (unpaired) electrons. The van der Waals surface area contributed by atoms with Gasteiger partial charge in [-0.3, -0.25) is 0 Å². The normalized spacial score (nSPS) is 18.5. The maximum atomic E-state index is 10.8. The molecule has 4 nitrogen and oxygen atoms in total. The first-order valence-electron chi connectivity index (χ1n) is 6.66. The van der Waals surface area contributed by atoms with E-state index in [2.05, 4.69) is 17.2 Å². The van der Waals surface area contributed by atoms with E-state index in [0.29, 0.717) is 16.8 Å². The molecule has 18 heavy (non-hydrogen) atoms. The summed E-state index contributed by atoms with van der Waals surface area (Å²) < 4.78 is 0. The lowest BCUT2D eigenvalue weighted by Crippen LogP contribution is -2.29. The zero-order valence-electron chi connectivity index (χ0n) is 10.7. The van der Waals surface area contributed by atoms with Crippen molar-refractivity contribution in [3.8, 4) is 0 Å². The number of carboxylic acids is 1. The fraction of sp³-hybridized carbons (Fsp3) is 0.692. The summed E-state index contributed by atoms with van der Waals surface area (Å²) in [6.07, 6.45) is 9.05. The summed E-state index contributed by atoms with van der Waals surface area (Å²) >= 11 is 1.23. The SMILES string of the molecule is CCC(Nc1ncc(C(=O)O)s1)C1CCCCC1. The van der Waals surface area contributed by atoms with Crippen LogP contribution in [0.25, 0.3) is 0 Å². The van der Waals surface area contributed by atoms with Crippen molar-refractivity contribution < 1.29 is 9.90 Å². The van der Waals surface area contributed by atoms with E-state index < -0.39 is 5.97 Å². The molecule has 1 aromatic rings. The summed E-state index contributed by atoms with van der Waals surface area (Å²) in [6, 6.07) is 0.429. The Balaban J connectivity index is 1.97. The number of thiazole rings is 1. The van der Waals surface area contributed by atoms with E-state index >= 15 is 0 Å². The van der Waals surface area contributed by atoms with E-state index in [1.807, 2.05) is 0 Å². The largest absolute Gasteiger partial charge is 0.477 e. The van der Waals surface area contributed by atoms with E-state index in [1.54, 1.807) is 0 Å². The van der Waals surface area contributed by atoms with Crippen molar-refractivity contribution in [2.75, 3.05) is 5.32 Å². The smallest absolute Gasteiger partial charge is 0.347 e. The lowest BCUT2D eigenvalue weighted by molar-refractivity contribution is 0.0702. The van der Waals surface area contributed by atoms with Gasteiger partial charge < -0.3 is 10.4 Å². The van der Waals surface area contributed by atoms with Gasteiger partial charge in [-0.25, -0.2) is 9.78 Å². The van der Waals surface area contributed by atoms with Gasteiger partial charge in [0.25, 0.3) is 0 Å². The van der Waals surface area contributed by atoms with Crippen molar-refractivity contribution in [1.82, 2.24) is 4.98 Å². The van der Waals surface area contributed by atoms with Gasteiger partial charge in [0, 0.05) is 6.04 Å². The zero-order chi connectivity index (χ0) is 13.0. The van der Waals surface area contributed by atoms with E-state index in [4.69, 9.17) is 5.11 Å². The lowest BCUT2D eigenvalue weighted by Gasteiger charge is -2.30. The third kappa shape index (κ3) is 3.22. The molecule has 0 aliphatic heterocycles. The number of hydrogen-bond donors (Lipinski definition) is 2. The van der Waals surface area contributed by atoms with Gasteiger partial charge in [-0.2, -0.15) is 0 Å². The van der Waals surface area contributed by atoms with Crippen molar-refractivity contribution >= 4 is 22.4 Å². The Kier molecular flexibility index (Phi) is 4.58. The van der Waals surface area contributed by atoms with Crippen LogP contribution in [0.3, 0.4) is 0 Å². The number of rotatable bonds is 5. The fourth-order valence-electron chi connectivity index (χ4n) is 2.69. The maximum Gasteiger partial charge on any atom is 0.347 e. The van der Waals surface area contributed by atoms with Crippen molar-refractivity contribution in [3.05, 3.63) is 11.1 Å². The van der Waals surface area contributed by atoms with E-state index in [9.17, 15) is 4.79 Å². The molecule has 100 valence electrons. The number of carbonyl (C=O) groups is 1. The molecule has 0 spiro atoms. The highest BCUT2D eigenvalue weighted by Gasteiger charge is 2.23. The first kappa shape index (κ1) is 13.3. The number of carboxylic acid groups (broad SMARTS) is 1. The summed E-state index contributed by atoms with van der Waals surface area (Å²) in [4.78, 5) is 15.3. The molecule has 1 saturated carbocycles. The molecular formula is C13H20N2O2S. The summed E-state index contributed by atoms with van der Waals surface area (Å²) in [6.45, 7) is 2.18. The highest BCUT2D eigenvalue weighted by atomic mass is 32.1. The van der Waals surface area contributed by atoms with Crippen LogP contribution in [-0.4, -0.2) is 22.1 Å². The Morgan fingerprint density at radius 2 is 2.28 bits per heavy atom. The quantitative estimate of drug-likeness (QED) is 0.856. The zero-order valence-corrected chi connectivity index (χ0v) is 11.5. The minimum Gasteiger partial charge on any atom is -0.477 e. The highest BCUT2D eigenvalue weighted by molar-refractivity contribution is 7.17. The Morgan fingerprint density at radius 3 is 2.83 bits per heavy atom. The van der Waals surface area contributed by atoms with Crippen molar-refractivity contribution in [3.63, 3.8) is 0 Å². The van der Waals surface area contributed by atoms with E-state index in [0.717, 1.165) is 11.6 Å². The molecule has 0 bridgehead atoms. The molecule has 1 unspecified atom stereocenters. The Hall–Kier alpha value is -1.10. The molecule has 0 saturated heterocycles. The minimum atomic E-state index is -0.897. The molecule has 1 atom stereocenters. The second kappa shape index (κ2) is 6.18. The van der Waals surface area contributed by atoms with Gasteiger partial charge in [0.05, 0.1) is 6.20 Å². The van der Waals surface area contributed by atoms with Gasteiger partial charge in [0.1, 0.15) is 4.88 Å². The lowest BCUT2D eigenvalue weighted by atomic mass is 9.83. The monoisotopic (exact) mass is 268 g/mol. The van der Waals surface area contributed by atoms with Crippen LogP contribution >= 0.6 is 11.3 Å². The third-order valence-corrected chi connectivity index (χ3v) is 4.60. The predicted molar refractivity (Wildman–Crippen MR) is 73.4 cm³/mol. The number of anilines is 1. The van der Waals surface area contributed by atoms with Crippen LogP contribution in [0.5, 0.6) is 0 Å². The molecule has 0 aromatic carbocycles. The first-order chi connectivity index (χ1) is 8.70. The van der Waals surface area contributed by atoms with E-state index in [1.165, 1.54) is 49.6 Å². The molecule has 0 amide bonds. The van der Waals surface area contributed by atoms with Crippen LogP contribution < -0.4 is 5.32 Å². The molecule has 1 aromatic heterocycles. The number of hydrogen-bond acceptors (Lipinski definition) is 4. The molecular weight excluding hydrogens is 248 g/mol. The Morgan fingerprint density at radius 1 is 1.56 bits per heavy atom. The molecule has 2 N–H and O–H groups in total. The van der Waals surface area contributed by atoms with Crippen LogP contribution in [0.4, 0.5) is 5.13 Å². The van der Waals surface area contributed by atoms with Crippen LogP contribution in [0.2, 0.25) is 0 Å². The van der Waals surface area contributed by atoms with Gasteiger partial charge in [-0.15, -0.1) is 0 Å². The summed E-state index contributed by atoms with van der Waals surface area (Å²) in [7, 11) is 0. The molecule has 1 aliphatic carbocycles. The van der Waals surface area contributed by atoms with Crippen LogP contribution in [0.15, 0.2) is 6.20 Å². The number of aromatic carboxylic acids is 1. The van der Waals surface area contributed by atoms with Gasteiger partial charge in [-0.05, 0) is 25.2 Å². The fourth-order valence-corrected chi connectivity index (χ4v) is 3.40. The van der Waals surface area contributed by atoms with Gasteiger partial charge in [-0.1, -0.05) is 37.5 Å². The van der Waals surface area contributed by atoms with Gasteiger partial charge >= 0.3 is 5.97 Å². The number of nitrogens with zero attached hydrogens (tertiary/aromatic N) is 1. The van der Waals surface area contributed by atoms with Crippen molar-refractivity contribution in [1.29, 1.82) is 0 Å². The average Bonchev–Trinajstić information content (AvgIpc) is 2.86. The second-order valence-electron chi connectivity index (χ2n) is 4.89. The standard InChI is InChI=1S/C13H20N2O2S/c1-2-10(9-6-4-3-5-7-9)15-13-14-8-11(18-13)12(16)17/h8-10H,2-7H2,1H3,(H,14,15)(H,16,17). The van der Waals surface area contributed by atoms with Gasteiger partial charge in [0.2, 0.25) is 0 Å². The second-order valence-corrected chi connectivity index (χ2v) is 5.92. The van der Waals surface area contributed by atoms with Crippen LogP contribution in [0.1, 0.15) is 55.1 Å². The summed E-state index contributed by atoms with van der Waals surface area (Å²) in [5, 5.41) is 13.0. The van der Waals surface area contributed by atoms with Crippen molar-refractivity contribution in [2.45, 2.75) is 51.5 Å². The Bertz CT molecular complexity index is 399. The third-order valence-electron chi connectivity index (χ3n) is 3.68. The summed E-state index contributed by atoms with van der Waals surface area (Å²) in [5.41, 5.74) is 0. The van der Waals surface area contributed by atoms with Crippen LogP contribution in [-0.2, 0) is 0 Å². The molecule has 1 aliphatic rings. The molecule has 2 rings (SSSR count). The Labute approximate surface area is 111 Å². The summed E-state index contributed by atoms with van der Waals surface area (Å²) in [5.74, 6) is -0.188. The topological polar surface area (TPSA) is 62.2 Å². The van der Waals surface area contributed by atoms with Gasteiger partial charge in [0.15, 0.2) is 5.13 Å². The number of aromatic nitrogens is 1. The predicted octanol–water partition coefficient (Wildman–Crippen LogP) is 3.61. The average molecular weight is 268 g/mol. The molecule has 5 heteroatoms. The van der Waals surface area contributed by atoms with E-state index in [-0.39, 0.29) is 0 Å².